The lowest BCUT2D eigenvalue weighted by Gasteiger charge is -2.28. The summed E-state index contributed by atoms with van der Waals surface area (Å²) in [7, 11) is 0. The van der Waals surface area contributed by atoms with Crippen molar-refractivity contribution >= 4 is 17.5 Å². The van der Waals surface area contributed by atoms with Gasteiger partial charge in [-0.3, -0.25) is 10.1 Å². The van der Waals surface area contributed by atoms with Crippen LogP contribution in [0.2, 0.25) is 0 Å². The fourth-order valence-electron chi connectivity index (χ4n) is 1.29. The number of pyridine rings is 1. The van der Waals surface area contributed by atoms with Crippen molar-refractivity contribution in [1.29, 1.82) is 0 Å². The molecule has 1 amide bonds. The van der Waals surface area contributed by atoms with E-state index in [1.54, 1.807) is 13.8 Å². The second kappa shape index (κ2) is 3.16. The summed E-state index contributed by atoms with van der Waals surface area (Å²) in [4.78, 5) is 25.0. The van der Waals surface area contributed by atoms with Gasteiger partial charge in [0, 0.05) is 6.07 Å². The average molecular weight is 223 g/mol. The van der Waals surface area contributed by atoms with Gasteiger partial charge in [-0.25, -0.2) is 0 Å². The number of hydrogen-bond acceptors (Lipinski definition) is 5. The number of nitro groups is 1. The summed E-state index contributed by atoms with van der Waals surface area (Å²) < 4.78 is 5.37. The van der Waals surface area contributed by atoms with Gasteiger partial charge in [-0.1, -0.05) is 0 Å². The second-order valence-electron chi connectivity index (χ2n) is 3.84. The molecule has 84 valence electrons. The third-order valence-corrected chi connectivity index (χ3v) is 2.17. The summed E-state index contributed by atoms with van der Waals surface area (Å²) in [6.07, 6.45) is 0. The molecule has 1 aliphatic rings. The van der Waals surface area contributed by atoms with Gasteiger partial charge in [-0.15, -0.1) is 0 Å². The van der Waals surface area contributed by atoms with Gasteiger partial charge in [0.1, 0.15) is 0 Å². The first kappa shape index (κ1) is 10.3. The lowest BCUT2D eigenvalue weighted by atomic mass is 10.1. The number of nitrogens with zero attached hydrogens (tertiary/aromatic N) is 2. The molecule has 1 N–H and O–H groups in total. The summed E-state index contributed by atoms with van der Waals surface area (Å²) in [5.74, 6) is -0.302. The molecule has 7 heteroatoms. The fraction of sp³-hybridized carbons (Fsp3) is 0.333. The van der Waals surface area contributed by atoms with Crippen LogP contribution >= 0.6 is 0 Å². The van der Waals surface area contributed by atoms with E-state index in [2.05, 4.69) is 10.3 Å². The van der Waals surface area contributed by atoms with Gasteiger partial charge >= 0.3 is 5.82 Å². The van der Waals surface area contributed by atoms with Crippen LogP contribution in [-0.2, 0) is 4.79 Å². The number of anilines is 1. The molecule has 0 aliphatic carbocycles. The van der Waals surface area contributed by atoms with Crippen molar-refractivity contribution in [2.75, 3.05) is 5.32 Å². The zero-order valence-electron chi connectivity index (χ0n) is 8.68. The quantitative estimate of drug-likeness (QED) is 0.568. The normalized spacial score (nSPS) is 17.0. The Morgan fingerprint density at radius 1 is 1.50 bits per heavy atom. The molecule has 0 fully saturated rings. The van der Waals surface area contributed by atoms with Crippen LogP contribution in [0, 0.1) is 10.1 Å². The summed E-state index contributed by atoms with van der Waals surface area (Å²) in [6, 6.07) is 2.65. The van der Waals surface area contributed by atoms with E-state index in [9.17, 15) is 14.9 Å². The SMILES string of the molecule is CC1(C)Oc2ccc([N+](=O)[O-])nc2NC1=O. The highest BCUT2D eigenvalue weighted by Crippen LogP contribution is 2.33. The highest BCUT2D eigenvalue weighted by atomic mass is 16.6. The Morgan fingerprint density at radius 2 is 2.19 bits per heavy atom. The van der Waals surface area contributed by atoms with Gasteiger partial charge in [0.25, 0.3) is 11.7 Å². The van der Waals surface area contributed by atoms with Crippen molar-refractivity contribution in [2.24, 2.45) is 0 Å². The average Bonchev–Trinajstić information content (AvgIpc) is 2.18. The number of hydrogen-bond donors (Lipinski definition) is 1. The molecule has 0 unspecified atom stereocenters. The number of ether oxygens (including phenoxy) is 1. The first-order valence-electron chi connectivity index (χ1n) is 4.56. The first-order valence-corrected chi connectivity index (χ1v) is 4.56. The molecule has 0 aromatic carbocycles. The number of aromatic nitrogens is 1. The Labute approximate surface area is 90.6 Å². The minimum absolute atomic E-state index is 0.0820. The van der Waals surface area contributed by atoms with E-state index in [1.807, 2.05) is 0 Å². The highest BCUT2D eigenvalue weighted by Gasteiger charge is 2.38. The van der Waals surface area contributed by atoms with Crippen molar-refractivity contribution in [1.82, 2.24) is 4.98 Å². The zero-order valence-corrected chi connectivity index (χ0v) is 8.68. The third-order valence-electron chi connectivity index (χ3n) is 2.17. The van der Waals surface area contributed by atoms with Crippen LogP contribution in [0.4, 0.5) is 11.6 Å². The van der Waals surface area contributed by atoms with Crippen molar-refractivity contribution in [3.63, 3.8) is 0 Å². The Morgan fingerprint density at radius 3 is 2.81 bits per heavy atom. The monoisotopic (exact) mass is 223 g/mol. The largest absolute Gasteiger partial charge is 0.472 e. The Kier molecular flexibility index (Phi) is 2.04. The summed E-state index contributed by atoms with van der Waals surface area (Å²) in [5, 5.41) is 13.0. The van der Waals surface area contributed by atoms with Crippen molar-refractivity contribution < 1.29 is 14.5 Å². The van der Waals surface area contributed by atoms with Gasteiger partial charge in [0.05, 0.1) is 0 Å². The predicted molar refractivity (Wildman–Crippen MR) is 54.2 cm³/mol. The first-order chi connectivity index (χ1) is 7.40. The standard InChI is InChI=1S/C9H9N3O4/c1-9(2)8(13)11-7-5(16-9)3-4-6(10-7)12(14)15/h3-4H,1-2H3,(H,10,11,13). The topological polar surface area (TPSA) is 94.4 Å². The predicted octanol–water partition coefficient (Wildman–Crippen LogP) is 1.10. The maximum atomic E-state index is 11.5. The van der Waals surface area contributed by atoms with Crippen LogP contribution in [0.1, 0.15) is 13.8 Å². The van der Waals surface area contributed by atoms with E-state index in [0.29, 0.717) is 5.75 Å². The van der Waals surface area contributed by atoms with Crippen LogP contribution in [0.15, 0.2) is 12.1 Å². The molecule has 1 aliphatic heterocycles. The highest BCUT2D eigenvalue weighted by molar-refractivity contribution is 5.99. The molecule has 2 heterocycles. The summed E-state index contributed by atoms with van der Waals surface area (Å²) in [6.45, 7) is 3.21. The van der Waals surface area contributed by atoms with Crippen molar-refractivity contribution in [3.05, 3.63) is 22.2 Å². The maximum Gasteiger partial charge on any atom is 0.366 e. The van der Waals surface area contributed by atoms with Crippen LogP contribution in [-0.4, -0.2) is 21.4 Å². The molecule has 0 bridgehead atoms. The molecule has 0 saturated carbocycles. The molecule has 16 heavy (non-hydrogen) atoms. The van der Waals surface area contributed by atoms with E-state index in [1.165, 1.54) is 12.1 Å². The van der Waals surface area contributed by atoms with E-state index in [4.69, 9.17) is 4.74 Å². The minimum Gasteiger partial charge on any atom is -0.472 e. The summed E-state index contributed by atoms with van der Waals surface area (Å²) >= 11 is 0. The van der Waals surface area contributed by atoms with E-state index < -0.39 is 10.5 Å². The number of carbonyl (C=O) groups is 1. The van der Waals surface area contributed by atoms with Gasteiger partial charge in [-0.2, -0.15) is 0 Å². The molecular formula is C9H9N3O4. The molecule has 0 atom stereocenters. The zero-order chi connectivity index (χ0) is 11.9. The molecule has 0 saturated heterocycles. The summed E-state index contributed by atoms with van der Waals surface area (Å²) in [5.41, 5.74) is -0.995. The van der Waals surface area contributed by atoms with Crippen molar-refractivity contribution in [3.8, 4) is 5.75 Å². The number of rotatable bonds is 1. The van der Waals surface area contributed by atoms with Crippen molar-refractivity contribution in [2.45, 2.75) is 19.4 Å². The van der Waals surface area contributed by atoms with Gasteiger partial charge < -0.3 is 14.9 Å². The molecule has 0 spiro atoms. The number of fused-ring (bicyclic) bond motifs is 1. The van der Waals surface area contributed by atoms with Crippen LogP contribution in [0.5, 0.6) is 5.75 Å². The number of carbonyl (C=O) groups excluding carboxylic acids is 1. The molecule has 2 rings (SSSR count). The Hall–Kier alpha value is -2.18. The molecule has 1 aromatic heterocycles. The van der Waals surface area contributed by atoms with Crippen LogP contribution < -0.4 is 10.1 Å². The molecule has 7 nitrogen and oxygen atoms in total. The second-order valence-corrected chi connectivity index (χ2v) is 3.84. The van der Waals surface area contributed by atoms with Crippen LogP contribution in [0.25, 0.3) is 0 Å². The Balaban J connectivity index is 2.44. The van der Waals surface area contributed by atoms with Gasteiger partial charge in [0.2, 0.25) is 0 Å². The molecule has 0 radical (unpaired) electrons. The lowest BCUT2D eigenvalue weighted by Crippen LogP contribution is -2.46. The number of nitrogens with one attached hydrogen (secondary N) is 1. The van der Waals surface area contributed by atoms with E-state index in [0.717, 1.165) is 0 Å². The number of amides is 1. The minimum atomic E-state index is -0.995. The van der Waals surface area contributed by atoms with Crippen LogP contribution in [0.3, 0.4) is 0 Å². The fourth-order valence-corrected chi connectivity index (χ4v) is 1.29. The third kappa shape index (κ3) is 1.56. The molecular weight excluding hydrogens is 214 g/mol. The van der Waals surface area contributed by atoms with E-state index in [-0.39, 0.29) is 17.5 Å². The van der Waals surface area contributed by atoms with E-state index >= 15 is 0 Å². The van der Waals surface area contributed by atoms with Gasteiger partial charge in [-0.05, 0) is 29.8 Å². The smallest absolute Gasteiger partial charge is 0.366 e. The lowest BCUT2D eigenvalue weighted by molar-refractivity contribution is -0.389. The molecule has 1 aromatic rings. The maximum absolute atomic E-state index is 11.5. The van der Waals surface area contributed by atoms with Gasteiger partial charge in [0.15, 0.2) is 11.4 Å². The Bertz CT molecular complexity index is 484.